The SMILES string of the molecule is CC1CCc2c1nc1c(c2NC(=O)N=S(N)(=O)c2cnn(C(C)C)c2)CCC1. The minimum atomic E-state index is -3.37. The summed E-state index contributed by atoms with van der Waals surface area (Å²) < 4.78 is 18.3. The summed E-state index contributed by atoms with van der Waals surface area (Å²) in [4.78, 5) is 17.7. The van der Waals surface area contributed by atoms with Crippen LogP contribution in [0.2, 0.25) is 0 Å². The normalized spacial score (nSPS) is 20.0. The molecule has 2 aliphatic carbocycles. The lowest BCUT2D eigenvalue weighted by Gasteiger charge is -2.15. The van der Waals surface area contributed by atoms with Crippen molar-refractivity contribution in [3.63, 3.8) is 0 Å². The average Bonchev–Trinajstić information content (AvgIpc) is 3.34. The van der Waals surface area contributed by atoms with Gasteiger partial charge in [-0.3, -0.25) is 9.67 Å². The summed E-state index contributed by atoms with van der Waals surface area (Å²) in [6.07, 6.45) is 7.73. The largest absolute Gasteiger partial charge is 0.354 e. The maximum atomic E-state index is 12.8. The van der Waals surface area contributed by atoms with Gasteiger partial charge in [-0.1, -0.05) is 6.92 Å². The fourth-order valence-electron chi connectivity index (χ4n) is 4.01. The number of rotatable bonds is 3. The zero-order chi connectivity index (χ0) is 20.1. The zero-order valence-electron chi connectivity index (χ0n) is 16.4. The third-order valence-corrected chi connectivity index (χ3v) is 6.87. The number of nitrogens with zero attached hydrogens (tertiary/aromatic N) is 4. The number of hydrogen-bond acceptors (Lipinski definition) is 4. The summed E-state index contributed by atoms with van der Waals surface area (Å²) >= 11 is 0. The maximum absolute atomic E-state index is 12.8. The van der Waals surface area contributed by atoms with E-state index < -0.39 is 15.9 Å². The number of anilines is 1. The van der Waals surface area contributed by atoms with E-state index in [4.69, 9.17) is 10.1 Å². The van der Waals surface area contributed by atoms with E-state index in [0.717, 1.165) is 60.3 Å². The molecule has 2 heterocycles. The fourth-order valence-corrected chi connectivity index (χ4v) is 4.87. The average molecular weight is 403 g/mol. The van der Waals surface area contributed by atoms with Crippen LogP contribution < -0.4 is 10.5 Å². The van der Waals surface area contributed by atoms with Crippen molar-refractivity contribution in [2.24, 2.45) is 9.50 Å². The molecule has 4 rings (SSSR count). The first kappa shape index (κ1) is 19.1. The molecule has 2 aromatic heterocycles. The van der Waals surface area contributed by atoms with Crippen LogP contribution in [0.1, 0.15) is 68.1 Å². The van der Waals surface area contributed by atoms with Crippen LogP contribution in [0, 0.1) is 0 Å². The molecule has 0 fully saturated rings. The number of nitrogens with two attached hydrogens (primary N) is 1. The first-order valence-corrected chi connectivity index (χ1v) is 11.3. The van der Waals surface area contributed by atoms with Crippen molar-refractivity contribution in [3.8, 4) is 0 Å². The Kier molecular flexibility index (Phi) is 4.75. The van der Waals surface area contributed by atoms with E-state index in [9.17, 15) is 9.00 Å². The van der Waals surface area contributed by atoms with Gasteiger partial charge in [-0.25, -0.2) is 14.1 Å². The van der Waals surface area contributed by atoms with Crippen molar-refractivity contribution in [2.45, 2.75) is 69.7 Å². The molecular formula is C19H26N6O2S. The Bertz CT molecular complexity index is 1060. The van der Waals surface area contributed by atoms with E-state index in [2.05, 4.69) is 21.7 Å². The molecule has 3 N–H and O–H groups in total. The van der Waals surface area contributed by atoms with Gasteiger partial charge in [0.2, 0.25) is 0 Å². The Labute approximate surface area is 165 Å². The standard InChI is InChI=1S/C19H26N6O2S/c1-11(2)25-10-13(9-21-25)28(20,27)24-19(26)23-18-14-5-4-6-16(14)22-17-12(3)7-8-15(17)18/h9-12H,4-8H2,1-3H3,(H3,20,22,23,24,26,27). The molecular weight excluding hydrogens is 376 g/mol. The molecule has 150 valence electrons. The smallest absolute Gasteiger partial charge is 0.305 e. The molecule has 28 heavy (non-hydrogen) atoms. The van der Waals surface area contributed by atoms with Crippen molar-refractivity contribution >= 4 is 21.6 Å². The number of hydrogen-bond donors (Lipinski definition) is 2. The lowest BCUT2D eigenvalue weighted by Crippen LogP contribution is -2.19. The molecule has 0 saturated carbocycles. The van der Waals surface area contributed by atoms with Crippen LogP contribution in [-0.2, 0) is 29.2 Å². The lowest BCUT2D eigenvalue weighted by atomic mass is 10.0. The number of pyridine rings is 1. The molecule has 2 atom stereocenters. The van der Waals surface area contributed by atoms with Gasteiger partial charge in [0.05, 0.1) is 11.9 Å². The van der Waals surface area contributed by atoms with Crippen molar-refractivity contribution < 1.29 is 9.00 Å². The highest BCUT2D eigenvalue weighted by Crippen LogP contribution is 2.41. The second kappa shape index (κ2) is 6.97. The summed E-state index contributed by atoms with van der Waals surface area (Å²) in [5.74, 6) is 0.383. The highest BCUT2D eigenvalue weighted by molar-refractivity contribution is 7.91. The predicted molar refractivity (Wildman–Crippen MR) is 108 cm³/mol. The molecule has 2 aromatic rings. The zero-order valence-corrected chi connectivity index (χ0v) is 17.3. The number of aryl methyl sites for hydroxylation is 1. The Morgan fingerprint density at radius 2 is 2.14 bits per heavy atom. The van der Waals surface area contributed by atoms with Crippen molar-refractivity contribution in [2.75, 3.05) is 5.32 Å². The summed E-state index contributed by atoms with van der Waals surface area (Å²) in [6.45, 7) is 6.06. The van der Waals surface area contributed by atoms with Gasteiger partial charge in [0.15, 0.2) is 0 Å². The number of carbonyl (C=O) groups is 1. The molecule has 0 bridgehead atoms. The second-order valence-corrected chi connectivity index (χ2v) is 9.70. The van der Waals surface area contributed by atoms with Gasteiger partial charge < -0.3 is 5.32 Å². The van der Waals surface area contributed by atoms with Gasteiger partial charge in [-0.2, -0.15) is 5.10 Å². The maximum Gasteiger partial charge on any atom is 0.354 e. The minimum absolute atomic E-state index is 0.0989. The monoisotopic (exact) mass is 402 g/mol. The third-order valence-electron chi connectivity index (χ3n) is 5.55. The number of urea groups is 1. The van der Waals surface area contributed by atoms with Crippen molar-refractivity contribution in [1.29, 1.82) is 0 Å². The molecule has 2 unspecified atom stereocenters. The highest BCUT2D eigenvalue weighted by Gasteiger charge is 2.30. The fraction of sp³-hybridized carbons (Fsp3) is 0.526. The first-order chi connectivity index (χ1) is 13.3. The van der Waals surface area contributed by atoms with Gasteiger partial charge in [-0.05, 0) is 63.0 Å². The molecule has 0 aliphatic heterocycles. The quantitative estimate of drug-likeness (QED) is 0.819. The van der Waals surface area contributed by atoms with E-state index in [1.807, 2.05) is 13.8 Å². The lowest BCUT2D eigenvalue weighted by molar-refractivity contribution is 0.260. The molecule has 9 heteroatoms. The van der Waals surface area contributed by atoms with Crippen LogP contribution in [0.4, 0.5) is 10.5 Å². The summed E-state index contributed by atoms with van der Waals surface area (Å²) in [6, 6.07) is -0.589. The van der Waals surface area contributed by atoms with Gasteiger partial charge >= 0.3 is 6.03 Å². The van der Waals surface area contributed by atoms with Gasteiger partial charge in [0.1, 0.15) is 14.8 Å². The van der Waals surface area contributed by atoms with Crippen LogP contribution in [0.3, 0.4) is 0 Å². The van der Waals surface area contributed by atoms with Gasteiger partial charge in [-0.15, -0.1) is 4.36 Å². The van der Waals surface area contributed by atoms with Gasteiger partial charge in [0.25, 0.3) is 0 Å². The number of aromatic nitrogens is 3. The van der Waals surface area contributed by atoms with E-state index in [-0.39, 0.29) is 10.9 Å². The molecule has 0 saturated heterocycles. The van der Waals surface area contributed by atoms with Gasteiger partial charge in [0, 0.05) is 23.6 Å². The number of fused-ring (bicyclic) bond motifs is 2. The third kappa shape index (κ3) is 3.33. The molecule has 2 aliphatic rings. The van der Waals surface area contributed by atoms with Crippen molar-refractivity contribution in [3.05, 3.63) is 34.9 Å². The van der Waals surface area contributed by atoms with Crippen LogP contribution in [0.15, 0.2) is 21.7 Å². The molecule has 0 spiro atoms. The molecule has 0 radical (unpaired) electrons. The number of nitrogens with one attached hydrogen (secondary N) is 1. The molecule has 8 nitrogen and oxygen atoms in total. The summed E-state index contributed by atoms with van der Waals surface area (Å²) in [7, 11) is -3.37. The van der Waals surface area contributed by atoms with Crippen LogP contribution in [-0.4, -0.2) is 25.0 Å². The van der Waals surface area contributed by atoms with Crippen molar-refractivity contribution in [1.82, 2.24) is 14.8 Å². The highest BCUT2D eigenvalue weighted by atomic mass is 32.2. The van der Waals surface area contributed by atoms with Crippen LogP contribution >= 0.6 is 0 Å². The Morgan fingerprint density at radius 3 is 2.86 bits per heavy atom. The number of carbonyl (C=O) groups excluding carboxylic acids is 1. The Balaban J connectivity index is 1.67. The topological polar surface area (TPSA) is 115 Å². The Morgan fingerprint density at radius 1 is 1.36 bits per heavy atom. The predicted octanol–water partition coefficient (Wildman–Crippen LogP) is 3.33. The molecule has 2 amide bonds. The van der Waals surface area contributed by atoms with E-state index in [1.165, 1.54) is 6.20 Å². The van der Waals surface area contributed by atoms with Crippen LogP contribution in [0.25, 0.3) is 0 Å². The van der Waals surface area contributed by atoms with E-state index >= 15 is 0 Å². The Hall–Kier alpha value is -2.26. The van der Waals surface area contributed by atoms with E-state index in [1.54, 1.807) is 10.9 Å². The minimum Gasteiger partial charge on any atom is -0.305 e. The van der Waals surface area contributed by atoms with Crippen LogP contribution in [0.5, 0.6) is 0 Å². The first-order valence-electron chi connectivity index (χ1n) is 9.71. The molecule has 0 aromatic carbocycles. The number of amides is 2. The summed E-state index contributed by atoms with van der Waals surface area (Å²) in [5.41, 5.74) is 5.13. The summed E-state index contributed by atoms with van der Waals surface area (Å²) in [5, 5.41) is 12.9. The van der Waals surface area contributed by atoms with E-state index in [0.29, 0.717) is 5.92 Å². The second-order valence-electron chi connectivity index (χ2n) is 7.91.